The zero-order valence-electron chi connectivity index (χ0n) is 11.8. The second-order valence-electron chi connectivity index (χ2n) is 5.25. The van der Waals surface area contributed by atoms with Crippen molar-refractivity contribution in [2.24, 2.45) is 0 Å². The maximum atomic E-state index is 4.40. The Morgan fingerprint density at radius 3 is 3.00 bits per heavy atom. The van der Waals surface area contributed by atoms with E-state index in [4.69, 9.17) is 0 Å². The highest BCUT2D eigenvalue weighted by Gasteiger charge is 2.17. The lowest BCUT2D eigenvalue weighted by Crippen LogP contribution is -2.23. The second kappa shape index (κ2) is 6.11. The van der Waals surface area contributed by atoms with Crippen LogP contribution >= 0.6 is 0 Å². The van der Waals surface area contributed by atoms with Gasteiger partial charge in [0.25, 0.3) is 0 Å². The monoisotopic (exact) mass is 268 g/mol. The van der Waals surface area contributed by atoms with Gasteiger partial charge in [0.1, 0.15) is 0 Å². The fourth-order valence-corrected chi connectivity index (χ4v) is 2.61. The fraction of sp³-hybridized carbons (Fsp3) is 0.375. The van der Waals surface area contributed by atoms with Gasteiger partial charge in [-0.2, -0.15) is 0 Å². The maximum absolute atomic E-state index is 4.40. The topological polar surface area (TPSA) is 49.8 Å². The van der Waals surface area contributed by atoms with E-state index in [9.17, 15) is 0 Å². The summed E-state index contributed by atoms with van der Waals surface area (Å²) < 4.78 is 0. The molecular weight excluding hydrogens is 248 g/mol. The van der Waals surface area contributed by atoms with Gasteiger partial charge < -0.3 is 10.6 Å². The number of rotatable bonds is 3. The first-order valence-electron chi connectivity index (χ1n) is 7.12. The van der Waals surface area contributed by atoms with Gasteiger partial charge in [0, 0.05) is 31.5 Å². The molecule has 0 amide bonds. The minimum absolute atomic E-state index is 0.379. The lowest BCUT2D eigenvalue weighted by atomic mass is 9.99. The molecule has 0 aliphatic carbocycles. The number of hydrogen-bond donors (Lipinski definition) is 2. The van der Waals surface area contributed by atoms with Crippen LogP contribution in [0.1, 0.15) is 35.0 Å². The number of nitrogens with one attached hydrogen (secondary N) is 2. The molecule has 104 valence electrons. The molecule has 0 radical (unpaired) electrons. The minimum Gasteiger partial charge on any atom is -0.313 e. The first kappa shape index (κ1) is 13.2. The highest BCUT2D eigenvalue weighted by Crippen LogP contribution is 2.23. The molecule has 0 saturated carbocycles. The van der Waals surface area contributed by atoms with Crippen molar-refractivity contribution in [2.75, 3.05) is 6.54 Å². The standard InChI is InChI=1S/C16H20N4/c1-12-8-19-14(10-18-12)11-20-16-6-7-17-9-13-4-2-3-5-15(13)16/h2-5,8,10,16-17,20H,6-7,9,11H2,1H3. The number of fused-ring (bicyclic) bond motifs is 1. The van der Waals surface area contributed by atoms with Crippen LogP contribution in [0.5, 0.6) is 0 Å². The molecule has 0 fully saturated rings. The molecule has 1 atom stereocenters. The van der Waals surface area contributed by atoms with E-state index in [0.29, 0.717) is 6.04 Å². The van der Waals surface area contributed by atoms with Crippen molar-refractivity contribution in [3.63, 3.8) is 0 Å². The fourth-order valence-electron chi connectivity index (χ4n) is 2.61. The van der Waals surface area contributed by atoms with Crippen molar-refractivity contribution in [3.8, 4) is 0 Å². The van der Waals surface area contributed by atoms with Crippen LogP contribution in [0.2, 0.25) is 0 Å². The zero-order chi connectivity index (χ0) is 13.8. The highest BCUT2D eigenvalue weighted by atomic mass is 15.0. The average molecular weight is 268 g/mol. The molecule has 0 bridgehead atoms. The summed E-state index contributed by atoms with van der Waals surface area (Å²) in [7, 11) is 0. The molecule has 2 aromatic rings. The molecule has 2 heterocycles. The summed E-state index contributed by atoms with van der Waals surface area (Å²) in [5.41, 5.74) is 4.73. The molecule has 1 aromatic carbocycles. The lowest BCUT2D eigenvalue weighted by molar-refractivity contribution is 0.491. The van der Waals surface area contributed by atoms with Gasteiger partial charge in [-0.3, -0.25) is 9.97 Å². The van der Waals surface area contributed by atoms with Gasteiger partial charge in [0.2, 0.25) is 0 Å². The predicted octanol–water partition coefficient (Wildman–Crippen LogP) is 2.11. The predicted molar refractivity (Wildman–Crippen MR) is 79.1 cm³/mol. The van der Waals surface area contributed by atoms with E-state index >= 15 is 0 Å². The normalized spacial score (nSPS) is 18.4. The van der Waals surface area contributed by atoms with Crippen LogP contribution in [-0.4, -0.2) is 16.5 Å². The largest absolute Gasteiger partial charge is 0.313 e. The van der Waals surface area contributed by atoms with Crippen molar-refractivity contribution in [2.45, 2.75) is 32.5 Å². The Morgan fingerprint density at radius 1 is 1.25 bits per heavy atom. The number of aromatic nitrogens is 2. The molecule has 0 spiro atoms. The van der Waals surface area contributed by atoms with Gasteiger partial charge in [0.15, 0.2) is 0 Å². The molecule has 20 heavy (non-hydrogen) atoms. The van der Waals surface area contributed by atoms with Gasteiger partial charge in [-0.1, -0.05) is 24.3 Å². The van der Waals surface area contributed by atoms with E-state index in [1.165, 1.54) is 11.1 Å². The first-order chi connectivity index (χ1) is 9.83. The molecule has 0 saturated heterocycles. The number of aryl methyl sites for hydroxylation is 1. The van der Waals surface area contributed by atoms with Crippen LogP contribution in [0.4, 0.5) is 0 Å². The van der Waals surface area contributed by atoms with E-state index < -0.39 is 0 Å². The summed E-state index contributed by atoms with van der Waals surface area (Å²) >= 11 is 0. The molecule has 1 aliphatic heterocycles. The van der Waals surface area contributed by atoms with Crippen LogP contribution < -0.4 is 10.6 Å². The van der Waals surface area contributed by atoms with Gasteiger partial charge in [-0.15, -0.1) is 0 Å². The summed E-state index contributed by atoms with van der Waals surface area (Å²) in [6.07, 6.45) is 4.76. The lowest BCUT2D eigenvalue weighted by Gasteiger charge is -2.18. The molecule has 1 unspecified atom stereocenters. The summed E-state index contributed by atoms with van der Waals surface area (Å²) in [5, 5.41) is 7.08. The second-order valence-corrected chi connectivity index (χ2v) is 5.25. The number of nitrogens with zero attached hydrogens (tertiary/aromatic N) is 2. The van der Waals surface area contributed by atoms with Crippen molar-refractivity contribution in [1.29, 1.82) is 0 Å². The Labute approximate surface area is 119 Å². The van der Waals surface area contributed by atoms with E-state index in [2.05, 4.69) is 44.9 Å². The summed E-state index contributed by atoms with van der Waals surface area (Å²) in [4.78, 5) is 8.69. The van der Waals surface area contributed by atoms with Gasteiger partial charge >= 0.3 is 0 Å². The van der Waals surface area contributed by atoms with Crippen LogP contribution in [0.3, 0.4) is 0 Å². The van der Waals surface area contributed by atoms with Crippen molar-refractivity contribution in [1.82, 2.24) is 20.6 Å². The summed E-state index contributed by atoms with van der Waals surface area (Å²) in [5.74, 6) is 0. The Balaban J connectivity index is 1.72. The van der Waals surface area contributed by atoms with E-state index in [1.54, 1.807) is 0 Å². The third kappa shape index (κ3) is 3.03. The average Bonchev–Trinajstić information content (AvgIpc) is 2.69. The molecule has 1 aliphatic rings. The number of hydrogen-bond acceptors (Lipinski definition) is 4. The Morgan fingerprint density at radius 2 is 2.15 bits per heavy atom. The molecule has 4 nitrogen and oxygen atoms in total. The van der Waals surface area contributed by atoms with E-state index in [-0.39, 0.29) is 0 Å². The quantitative estimate of drug-likeness (QED) is 0.895. The first-order valence-corrected chi connectivity index (χ1v) is 7.12. The van der Waals surface area contributed by atoms with Crippen molar-refractivity contribution < 1.29 is 0 Å². The van der Waals surface area contributed by atoms with Crippen molar-refractivity contribution in [3.05, 3.63) is 59.2 Å². The SMILES string of the molecule is Cc1cnc(CNC2CCNCc3ccccc32)cn1. The Hall–Kier alpha value is -1.78. The molecule has 1 aromatic heterocycles. The minimum atomic E-state index is 0.379. The maximum Gasteiger partial charge on any atom is 0.0724 e. The van der Waals surface area contributed by atoms with Crippen LogP contribution in [0.15, 0.2) is 36.7 Å². The van der Waals surface area contributed by atoms with Crippen LogP contribution in [0, 0.1) is 6.92 Å². The third-order valence-corrected chi connectivity index (χ3v) is 3.72. The Kier molecular flexibility index (Phi) is 4.04. The third-order valence-electron chi connectivity index (χ3n) is 3.72. The molecule has 3 rings (SSSR count). The highest BCUT2D eigenvalue weighted by molar-refractivity contribution is 5.31. The van der Waals surface area contributed by atoms with Crippen molar-refractivity contribution >= 4 is 0 Å². The number of benzene rings is 1. The zero-order valence-corrected chi connectivity index (χ0v) is 11.8. The van der Waals surface area contributed by atoms with Gasteiger partial charge in [0.05, 0.1) is 11.4 Å². The molecular formula is C16H20N4. The molecule has 2 N–H and O–H groups in total. The van der Waals surface area contributed by atoms with Crippen LogP contribution in [0.25, 0.3) is 0 Å². The van der Waals surface area contributed by atoms with Gasteiger partial charge in [-0.25, -0.2) is 0 Å². The Bertz CT molecular complexity index is 565. The summed E-state index contributed by atoms with van der Waals surface area (Å²) in [6.45, 7) is 4.70. The van der Waals surface area contributed by atoms with E-state index in [1.807, 2.05) is 19.3 Å². The molecule has 4 heteroatoms. The van der Waals surface area contributed by atoms with Gasteiger partial charge in [-0.05, 0) is 31.0 Å². The summed E-state index contributed by atoms with van der Waals surface area (Å²) in [6, 6.07) is 9.03. The van der Waals surface area contributed by atoms with Crippen LogP contribution in [-0.2, 0) is 13.1 Å². The van der Waals surface area contributed by atoms with E-state index in [0.717, 1.165) is 37.4 Å². The smallest absolute Gasteiger partial charge is 0.0724 e.